The van der Waals surface area contributed by atoms with E-state index in [0.717, 1.165) is 5.56 Å². The summed E-state index contributed by atoms with van der Waals surface area (Å²) in [6, 6.07) is 4.62. The molecule has 0 unspecified atom stereocenters. The molecule has 0 spiro atoms. The minimum absolute atomic E-state index is 0.0572. The number of hydrogen-bond acceptors (Lipinski definition) is 12. The van der Waals surface area contributed by atoms with E-state index in [1.807, 2.05) is 0 Å². The van der Waals surface area contributed by atoms with Gasteiger partial charge < -0.3 is 40.7 Å². The van der Waals surface area contributed by atoms with Crippen molar-refractivity contribution in [3.05, 3.63) is 87.0 Å². The van der Waals surface area contributed by atoms with Crippen LogP contribution in [0.5, 0.6) is 0 Å². The van der Waals surface area contributed by atoms with E-state index < -0.39 is 85.0 Å². The maximum absolute atomic E-state index is 13.8. The highest BCUT2D eigenvalue weighted by Crippen LogP contribution is 2.22. The van der Waals surface area contributed by atoms with Gasteiger partial charge in [-0.3, -0.25) is 23.7 Å². The molecule has 2 heterocycles. The van der Waals surface area contributed by atoms with Gasteiger partial charge in [0.2, 0.25) is 21.4 Å². The molecule has 8 N–H and O–H groups in total. The Hall–Kier alpha value is -5.84. The number of carbonyl (C=O) groups excluding carboxylic acids is 3. The highest BCUT2D eigenvalue weighted by atomic mass is 32.2. The van der Waals surface area contributed by atoms with Gasteiger partial charge >= 0.3 is 12.1 Å². The number of nitrogens with zero attached hydrogens (tertiary/aromatic N) is 2. The number of aliphatic carboxylic acids is 1. The molecule has 22 heteroatoms. The molecule has 20 nitrogen and oxygen atoms in total. The average Bonchev–Trinajstić information content (AvgIpc) is 3.63. The fourth-order valence-corrected chi connectivity index (χ4v) is 8.47. The smallest absolute Gasteiger partial charge is 0.408 e. The van der Waals surface area contributed by atoms with Gasteiger partial charge in [0.1, 0.15) is 29.0 Å². The van der Waals surface area contributed by atoms with Crippen LogP contribution in [0.15, 0.2) is 58.6 Å². The number of carboxylic acid groups (broad SMARTS) is 1. The molecule has 2 atom stereocenters. The quantitative estimate of drug-likeness (QED) is 0.0522. The molecule has 4 rings (SSSR count). The van der Waals surface area contributed by atoms with Crippen molar-refractivity contribution in [1.29, 1.82) is 0 Å². The normalized spacial score (nSPS) is 13.0. The molecule has 0 saturated heterocycles. The van der Waals surface area contributed by atoms with Crippen molar-refractivity contribution in [3.63, 3.8) is 0 Å². The highest BCUT2D eigenvalue weighted by Gasteiger charge is 2.30. The number of pyridine rings is 1. The first-order chi connectivity index (χ1) is 27.4. The number of H-pyrrole nitrogens is 1. The number of ether oxygens (including phenoxy) is 1. The van der Waals surface area contributed by atoms with Crippen molar-refractivity contribution < 1.29 is 50.4 Å². The molecule has 0 aliphatic rings. The van der Waals surface area contributed by atoms with Crippen LogP contribution in [0.2, 0.25) is 0 Å². The monoisotopic (exact) mass is 860 g/mol. The van der Waals surface area contributed by atoms with Crippen molar-refractivity contribution in [2.45, 2.75) is 83.6 Å². The van der Waals surface area contributed by atoms with Crippen LogP contribution in [0.3, 0.4) is 0 Å². The predicted octanol–water partition coefficient (Wildman–Crippen LogP) is 1.71. The number of imidazole rings is 1. The number of benzene rings is 2. The van der Waals surface area contributed by atoms with Crippen LogP contribution < -0.4 is 31.4 Å². The van der Waals surface area contributed by atoms with Gasteiger partial charge in [0.15, 0.2) is 5.95 Å². The van der Waals surface area contributed by atoms with E-state index in [-0.39, 0.29) is 36.3 Å². The second-order valence-electron chi connectivity index (χ2n) is 14.8. The number of carboxylic acids is 1. The van der Waals surface area contributed by atoms with E-state index in [9.17, 15) is 50.5 Å². The Morgan fingerprint density at radius 2 is 1.66 bits per heavy atom. The molecule has 59 heavy (non-hydrogen) atoms. The lowest BCUT2D eigenvalue weighted by atomic mass is 10.1. The van der Waals surface area contributed by atoms with Crippen LogP contribution in [0.25, 0.3) is 10.9 Å². The standard InChI is InChI=1S/C37H48N8O12S2/c1-21-14-22(2)31(23(3)15-21)59(55,56)44-27(34(49)50)18-41-32(47)26-19-45(29-16-24(8-9-25(29)30(26)46)17-42-35-39-11-12-40-35)13-7-10-38-33(48)28(20-58(52,53)54)43-36(51)57-37(4,5)6/h8-9,11-12,14-16,19,27-28,44H,7,10,13,17-18,20H2,1-6H3,(H,38,48)(H,41,47)(H,43,51)(H,49,50)(H2,39,40,42)(H,52,53,54)/t27-,28+/m1/s1. The molecule has 0 aliphatic carbocycles. The molecule has 4 aromatic rings. The summed E-state index contributed by atoms with van der Waals surface area (Å²) in [5.74, 6) is -4.15. The molecule has 0 aliphatic heterocycles. The van der Waals surface area contributed by atoms with E-state index in [2.05, 4.69) is 36.0 Å². The number of amides is 3. The SMILES string of the molecule is Cc1cc(C)c(S(=O)(=O)N[C@H](CNC(=O)c2cn(CCCNC(=O)[C@H](CS(=O)(=O)O)NC(=O)OC(C)(C)C)c3cc(CNc4ncc[nH]4)ccc3c2=O)C(=O)O)c(C)c1. The number of aromatic nitrogens is 3. The van der Waals surface area contributed by atoms with Crippen molar-refractivity contribution >= 4 is 60.9 Å². The molecule has 2 aromatic carbocycles. The van der Waals surface area contributed by atoms with Crippen LogP contribution in [0.4, 0.5) is 10.7 Å². The Labute approximate surface area is 340 Å². The molecular weight excluding hydrogens is 813 g/mol. The minimum atomic E-state index is -4.72. The van der Waals surface area contributed by atoms with Crippen molar-refractivity contribution in [2.75, 3.05) is 24.2 Å². The lowest BCUT2D eigenvalue weighted by Crippen LogP contribution is -2.51. The number of sulfonamides is 1. The number of aryl methyl sites for hydroxylation is 4. The van der Waals surface area contributed by atoms with Crippen molar-refractivity contribution in [3.8, 4) is 0 Å². The molecule has 3 amide bonds. The molecule has 0 saturated carbocycles. The Morgan fingerprint density at radius 3 is 2.25 bits per heavy atom. The summed E-state index contributed by atoms with van der Waals surface area (Å²) in [6.07, 6.45) is 3.47. The average molecular weight is 861 g/mol. The van der Waals surface area contributed by atoms with Crippen molar-refractivity contribution in [1.82, 2.24) is 35.2 Å². The minimum Gasteiger partial charge on any atom is -0.480 e. The van der Waals surface area contributed by atoms with Gasteiger partial charge in [-0.2, -0.15) is 13.1 Å². The maximum Gasteiger partial charge on any atom is 0.408 e. The fourth-order valence-electron chi connectivity index (χ4n) is 6.17. The van der Waals surface area contributed by atoms with Gasteiger partial charge in [0.05, 0.1) is 10.4 Å². The highest BCUT2D eigenvalue weighted by molar-refractivity contribution is 7.89. The summed E-state index contributed by atoms with van der Waals surface area (Å²) in [6.45, 7) is 9.14. The first-order valence-electron chi connectivity index (χ1n) is 18.2. The number of fused-ring (bicyclic) bond motifs is 1. The Balaban J connectivity index is 1.57. The molecule has 2 aromatic heterocycles. The van der Waals surface area contributed by atoms with Gasteiger partial charge in [0, 0.05) is 50.2 Å². The molecule has 0 bridgehead atoms. The third kappa shape index (κ3) is 13.1. The van der Waals surface area contributed by atoms with E-state index >= 15 is 0 Å². The topological polar surface area (TPSA) is 297 Å². The molecule has 0 radical (unpaired) electrons. The first-order valence-corrected chi connectivity index (χ1v) is 21.3. The first kappa shape index (κ1) is 45.9. The number of carbonyl (C=O) groups is 4. The lowest BCUT2D eigenvalue weighted by molar-refractivity contribution is -0.138. The fraction of sp³-hybridized carbons (Fsp3) is 0.405. The van der Waals surface area contributed by atoms with E-state index in [0.29, 0.717) is 28.2 Å². The molecule has 0 fully saturated rings. The number of anilines is 1. The Kier molecular flexibility index (Phi) is 14.6. The maximum atomic E-state index is 13.8. The third-order valence-corrected chi connectivity index (χ3v) is 11.1. The Bertz CT molecular complexity index is 2470. The van der Waals surface area contributed by atoms with Crippen LogP contribution in [-0.2, 0) is 47.6 Å². The zero-order valence-electron chi connectivity index (χ0n) is 33.2. The summed E-state index contributed by atoms with van der Waals surface area (Å²) >= 11 is 0. The lowest BCUT2D eigenvalue weighted by Gasteiger charge is -2.23. The third-order valence-electron chi connectivity index (χ3n) is 8.54. The predicted molar refractivity (Wildman–Crippen MR) is 216 cm³/mol. The summed E-state index contributed by atoms with van der Waals surface area (Å²) < 4.78 is 68.1. The van der Waals surface area contributed by atoms with Crippen LogP contribution in [0, 0.1) is 20.8 Å². The number of hydrogen-bond donors (Lipinski definition) is 8. The van der Waals surface area contributed by atoms with Crippen molar-refractivity contribution in [2.24, 2.45) is 0 Å². The molecular formula is C37H48N8O12S2. The summed E-state index contributed by atoms with van der Waals surface area (Å²) in [5.41, 5.74) is 0.636. The van der Waals surface area contributed by atoms with Gasteiger partial charge in [-0.15, -0.1) is 0 Å². The number of alkyl carbamates (subject to hydrolysis) is 1. The summed E-state index contributed by atoms with van der Waals surface area (Å²) in [7, 11) is -9.09. The van der Waals surface area contributed by atoms with Gasteiger partial charge in [-0.25, -0.2) is 18.2 Å². The summed E-state index contributed by atoms with van der Waals surface area (Å²) in [5, 5.41) is 20.1. The van der Waals surface area contributed by atoms with E-state index in [1.54, 1.807) is 82.8 Å². The van der Waals surface area contributed by atoms with Gasteiger partial charge in [-0.1, -0.05) is 23.8 Å². The zero-order valence-corrected chi connectivity index (χ0v) is 34.8. The number of aromatic amines is 1. The number of nitrogens with one attached hydrogen (secondary N) is 6. The Morgan fingerprint density at radius 1 is 0.983 bits per heavy atom. The van der Waals surface area contributed by atoms with Crippen LogP contribution >= 0.6 is 0 Å². The second kappa shape index (κ2) is 18.8. The summed E-state index contributed by atoms with van der Waals surface area (Å²) in [4.78, 5) is 71.7. The second-order valence-corrected chi connectivity index (χ2v) is 17.9. The van der Waals surface area contributed by atoms with Gasteiger partial charge in [-0.05, 0) is 76.8 Å². The van der Waals surface area contributed by atoms with Gasteiger partial charge in [0.25, 0.3) is 16.0 Å². The zero-order chi connectivity index (χ0) is 43.9. The van der Waals surface area contributed by atoms with E-state index in [4.69, 9.17) is 4.74 Å². The number of rotatable bonds is 18. The molecule has 320 valence electrons. The van der Waals surface area contributed by atoms with E-state index in [1.165, 1.54) is 12.3 Å². The van der Waals surface area contributed by atoms with Crippen LogP contribution in [-0.4, -0.2) is 101 Å². The van der Waals surface area contributed by atoms with Crippen LogP contribution in [0.1, 0.15) is 59.8 Å². The largest absolute Gasteiger partial charge is 0.480 e.